The Balaban J connectivity index is 5.10. The van der Waals surface area contributed by atoms with Gasteiger partial charge >= 0.3 is 39.5 Å². The number of unbranched alkanes of at least 4 members (excludes halogenated alkanes) is 55. The fraction of sp³-hybridized carbons (Fsp3) is 0.952. The fourth-order valence-electron chi connectivity index (χ4n) is 12.9. The molecular weight excluding hydrogens is 1330 g/mol. The summed E-state index contributed by atoms with van der Waals surface area (Å²) < 4.78 is 68.6. The third-order valence-electron chi connectivity index (χ3n) is 19.5. The monoisotopic (exact) mass is 1490 g/mol. The third-order valence-corrected chi connectivity index (χ3v) is 21.4. The highest BCUT2D eigenvalue weighted by Crippen LogP contribution is 2.45. The van der Waals surface area contributed by atoms with Crippen LogP contribution in [-0.4, -0.2) is 96.7 Å². The van der Waals surface area contributed by atoms with E-state index >= 15 is 0 Å². The minimum Gasteiger partial charge on any atom is -0.462 e. The SMILES string of the molecule is CCCCCCCCCCCCCCCCCCCCCCCC(=O)O[C@H](COC(=O)CCCCCCCCCCCCCCCCCC(C)C)COP(=O)(O)OC[C@@H](O)COP(=O)(O)OC[C@@H](COC(=O)CCCCCCC)OC(=O)CCCCCCCCCCCCCCCCCCCC. The van der Waals surface area contributed by atoms with Crippen molar-refractivity contribution in [1.82, 2.24) is 0 Å². The number of aliphatic hydroxyl groups excluding tert-OH is 1. The number of rotatable bonds is 83. The normalized spacial score (nSPS) is 13.8. The topological polar surface area (TPSA) is 237 Å². The first-order chi connectivity index (χ1) is 49.5. The van der Waals surface area contributed by atoms with E-state index in [4.69, 9.17) is 37.0 Å². The zero-order valence-corrected chi connectivity index (χ0v) is 68.5. The lowest BCUT2D eigenvalue weighted by Crippen LogP contribution is -2.30. The van der Waals surface area contributed by atoms with E-state index < -0.39 is 97.5 Å². The van der Waals surface area contributed by atoms with Crippen molar-refractivity contribution in [3.63, 3.8) is 0 Å². The van der Waals surface area contributed by atoms with Crippen molar-refractivity contribution in [2.24, 2.45) is 5.92 Å². The highest BCUT2D eigenvalue weighted by atomic mass is 31.2. The second-order valence-corrected chi connectivity index (χ2v) is 33.3. The van der Waals surface area contributed by atoms with Crippen LogP contribution in [0.2, 0.25) is 0 Å². The zero-order valence-electron chi connectivity index (χ0n) is 66.8. The second-order valence-electron chi connectivity index (χ2n) is 30.3. The molecule has 0 radical (unpaired) electrons. The molecule has 0 amide bonds. The van der Waals surface area contributed by atoms with Crippen molar-refractivity contribution in [2.75, 3.05) is 39.6 Å². The number of phosphoric ester groups is 2. The van der Waals surface area contributed by atoms with Crippen LogP contribution in [0.15, 0.2) is 0 Å². The van der Waals surface area contributed by atoms with E-state index in [2.05, 4.69) is 34.6 Å². The molecular formula is C83H162O17P2. The van der Waals surface area contributed by atoms with Gasteiger partial charge in [0, 0.05) is 25.7 Å². The van der Waals surface area contributed by atoms with E-state index in [9.17, 15) is 43.2 Å². The van der Waals surface area contributed by atoms with Crippen molar-refractivity contribution in [3.05, 3.63) is 0 Å². The molecule has 0 saturated carbocycles. The van der Waals surface area contributed by atoms with Crippen molar-refractivity contribution >= 4 is 39.5 Å². The number of aliphatic hydroxyl groups is 1. The summed E-state index contributed by atoms with van der Waals surface area (Å²) in [6.07, 6.45) is 68.6. The third kappa shape index (κ3) is 76.3. The maximum atomic E-state index is 13.1. The van der Waals surface area contributed by atoms with Gasteiger partial charge in [-0.15, -0.1) is 0 Å². The van der Waals surface area contributed by atoms with Crippen LogP contribution in [0, 0.1) is 5.92 Å². The first kappa shape index (κ1) is 100. The quantitative estimate of drug-likeness (QED) is 0.0222. The Kier molecular flexibility index (Phi) is 74.4. The van der Waals surface area contributed by atoms with Crippen LogP contribution in [0.4, 0.5) is 0 Å². The van der Waals surface area contributed by atoms with Gasteiger partial charge in [-0.05, 0) is 31.6 Å². The predicted octanol–water partition coefficient (Wildman–Crippen LogP) is 25.2. The maximum absolute atomic E-state index is 13.1. The second kappa shape index (κ2) is 75.9. The molecule has 0 aromatic rings. The molecule has 0 aliphatic carbocycles. The lowest BCUT2D eigenvalue weighted by molar-refractivity contribution is -0.161. The van der Waals surface area contributed by atoms with E-state index in [1.165, 1.54) is 263 Å². The molecule has 3 N–H and O–H groups in total. The summed E-state index contributed by atoms with van der Waals surface area (Å²) in [6, 6.07) is 0. The number of hydrogen-bond acceptors (Lipinski definition) is 15. The predicted molar refractivity (Wildman–Crippen MR) is 418 cm³/mol. The van der Waals surface area contributed by atoms with E-state index in [1.54, 1.807) is 0 Å². The van der Waals surface area contributed by atoms with Gasteiger partial charge in [0.05, 0.1) is 26.4 Å². The standard InChI is InChI=1S/C83H162O17P2/c1-6-9-12-15-17-19-21-23-25-27-29-30-31-33-37-42-46-50-54-59-64-69-83(88)100-79(73-94-81(86)67-62-57-52-48-44-40-38-34-35-39-43-47-51-56-60-65-76(4)5)75-98-102(91,92)96-71-77(84)70-95-101(89,90)97-74-78(72-93-80(85)66-61-55-14-11-8-3)99-82(87)68-63-58-53-49-45-41-36-32-28-26-24-22-20-18-16-13-10-7-2/h76-79,84H,6-75H2,1-5H3,(H,89,90)(H,91,92)/t77-,78+,79+/m0/s1. The number of esters is 4. The Morgan fingerprint density at radius 3 is 0.667 bits per heavy atom. The number of ether oxygens (including phenoxy) is 4. The molecule has 0 bridgehead atoms. The Bertz CT molecular complexity index is 1940. The van der Waals surface area contributed by atoms with Crippen LogP contribution in [0.25, 0.3) is 0 Å². The Morgan fingerprint density at radius 2 is 0.451 bits per heavy atom. The summed E-state index contributed by atoms with van der Waals surface area (Å²) in [7, 11) is -9.91. The molecule has 17 nitrogen and oxygen atoms in total. The van der Waals surface area contributed by atoms with Gasteiger partial charge in [0.2, 0.25) is 0 Å². The minimum atomic E-state index is -4.96. The maximum Gasteiger partial charge on any atom is 0.472 e. The van der Waals surface area contributed by atoms with Crippen LogP contribution in [0.3, 0.4) is 0 Å². The molecule has 0 heterocycles. The highest BCUT2D eigenvalue weighted by molar-refractivity contribution is 7.47. The first-order valence-electron chi connectivity index (χ1n) is 43.1. The van der Waals surface area contributed by atoms with Crippen molar-refractivity contribution in [3.8, 4) is 0 Å². The summed E-state index contributed by atoms with van der Waals surface area (Å²) in [5.74, 6) is -1.31. The van der Waals surface area contributed by atoms with Crippen LogP contribution < -0.4 is 0 Å². The number of carbonyl (C=O) groups is 4. The summed E-state index contributed by atoms with van der Waals surface area (Å²) in [5, 5.41) is 10.6. The first-order valence-corrected chi connectivity index (χ1v) is 46.1. The molecule has 0 rings (SSSR count). The van der Waals surface area contributed by atoms with Crippen LogP contribution in [-0.2, 0) is 65.4 Å². The molecule has 0 aliphatic heterocycles. The molecule has 0 fully saturated rings. The molecule has 102 heavy (non-hydrogen) atoms. The van der Waals surface area contributed by atoms with Crippen molar-refractivity contribution in [1.29, 1.82) is 0 Å². The zero-order chi connectivity index (χ0) is 74.8. The molecule has 0 spiro atoms. The molecule has 2 unspecified atom stereocenters. The molecule has 606 valence electrons. The van der Waals surface area contributed by atoms with Gasteiger partial charge in [-0.25, -0.2) is 9.13 Å². The Hall–Kier alpha value is -1.94. The number of phosphoric acid groups is 2. The number of carbonyl (C=O) groups excluding carboxylic acids is 4. The number of hydrogen-bond donors (Lipinski definition) is 3. The molecule has 19 heteroatoms. The van der Waals surface area contributed by atoms with E-state index in [0.29, 0.717) is 25.7 Å². The Labute approximate surface area is 626 Å². The van der Waals surface area contributed by atoms with Gasteiger partial charge in [-0.2, -0.15) is 0 Å². The average molecular weight is 1490 g/mol. The fourth-order valence-corrected chi connectivity index (χ4v) is 14.5. The summed E-state index contributed by atoms with van der Waals surface area (Å²) in [6.45, 7) is 7.28. The van der Waals surface area contributed by atoms with Crippen molar-refractivity contribution < 1.29 is 80.2 Å². The smallest absolute Gasteiger partial charge is 0.462 e. The van der Waals surface area contributed by atoms with Gasteiger partial charge in [0.15, 0.2) is 12.2 Å². The molecule has 0 aromatic carbocycles. The highest BCUT2D eigenvalue weighted by Gasteiger charge is 2.30. The lowest BCUT2D eigenvalue weighted by atomic mass is 10.0. The van der Waals surface area contributed by atoms with Crippen LogP contribution in [0.5, 0.6) is 0 Å². The van der Waals surface area contributed by atoms with Gasteiger partial charge in [-0.1, -0.05) is 394 Å². The summed E-state index contributed by atoms with van der Waals surface area (Å²) >= 11 is 0. The Morgan fingerprint density at radius 1 is 0.265 bits per heavy atom. The molecule has 5 atom stereocenters. The average Bonchev–Trinajstić information content (AvgIpc) is 0.935. The molecule has 0 saturated heterocycles. The van der Waals surface area contributed by atoms with Crippen LogP contribution >= 0.6 is 15.6 Å². The van der Waals surface area contributed by atoms with Gasteiger partial charge < -0.3 is 33.8 Å². The summed E-state index contributed by atoms with van der Waals surface area (Å²) in [4.78, 5) is 72.8. The van der Waals surface area contributed by atoms with E-state index in [0.717, 1.165) is 102 Å². The van der Waals surface area contributed by atoms with Crippen LogP contribution in [0.1, 0.15) is 446 Å². The van der Waals surface area contributed by atoms with Gasteiger partial charge in [-0.3, -0.25) is 37.3 Å². The van der Waals surface area contributed by atoms with Crippen molar-refractivity contribution in [2.45, 2.75) is 464 Å². The van der Waals surface area contributed by atoms with Gasteiger partial charge in [0.25, 0.3) is 0 Å². The lowest BCUT2D eigenvalue weighted by Gasteiger charge is -2.21. The molecule has 0 aromatic heterocycles. The van der Waals surface area contributed by atoms with Gasteiger partial charge in [0.1, 0.15) is 19.3 Å². The minimum absolute atomic E-state index is 0.108. The molecule has 0 aliphatic rings. The summed E-state index contributed by atoms with van der Waals surface area (Å²) in [5.41, 5.74) is 0. The largest absolute Gasteiger partial charge is 0.472 e. The van der Waals surface area contributed by atoms with E-state index in [-0.39, 0.29) is 25.7 Å². The van der Waals surface area contributed by atoms with E-state index in [1.807, 2.05) is 0 Å².